The average Bonchev–Trinajstić information content (AvgIpc) is 3.23. The third-order valence-corrected chi connectivity index (χ3v) is 5.88. The van der Waals surface area contributed by atoms with Gasteiger partial charge < -0.3 is 9.80 Å². The number of hydrogen-bond acceptors (Lipinski definition) is 3. The molecular weight excluding hydrogens is 322 g/mol. The summed E-state index contributed by atoms with van der Waals surface area (Å²) >= 11 is 0. The first-order valence-corrected chi connectivity index (χ1v) is 9.72. The van der Waals surface area contributed by atoms with Gasteiger partial charge in [0.1, 0.15) is 5.82 Å². The van der Waals surface area contributed by atoms with Crippen LogP contribution in [0.5, 0.6) is 0 Å². The van der Waals surface area contributed by atoms with Gasteiger partial charge in [-0.05, 0) is 43.4 Å². The van der Waals surface area contributed by atoms with Crippen molar-refractivity contribution < 1.29 is 4.79 Å². The van der Waals surface area contributed by atoms with E-state index in [1.165, 1.54) is 5.56 Å². The Morgan fingerprint density at radius 2 is 1.77 bits per heavy atom. The third-order valence-electron chi connectivity index (χ3n) is 5.88. The second-order valence-electron chi connectivity index (χ2n) is 7.83. The molecule has 2 saturated heterocycles. The fourth-order valence-electron chi connectivity index (χ4n) is 4.40. The molecule has 0 radical (unpaired) electrons. The van der Waals surface area contributed by atoms with Crippen molar-refractivity contribution in [2.45, 2.75) is 38.0 Å². The van der Waals surface area contributed by atoms with Crippen LogP contribution in [0.4, 0.5) is 5.82 Å². The molecule has 0 saturated carbocycles. The molecule has 4 nitrogen and oxygen atoms in total. The van der Waals surface area contributed by atoms with Gasteiger partial charge in [0.25, 0.3) is 5.91 Å². The van der Waals surface area contributed by atoms with E-state index in [9.17, 15) is 4.79 Å². The second kappa shape index (κ2) is 7.10. The summed E-state index contributed by atoms with van der Waals surface area (Å²) in [6.07, 6.45) is 6.30. The van der Waals surface area contributed by atoms with E-state index in [0.717, 1.165) is 63.2 Å². The van der Waals surface area contributed by atoms with E-state index in [-0.39, 0.29) is 11.3 Å². The highest BCUT2D eigenvalue weighted by atomic mass is 16.2. The van der Waals surface area contributed by atoms with Crippen LogP contribution in [0.15, 0.2) is 48.7 Å². The van der Waals surface area contributed by atoms with Crippen molar-refractivity contribution in [1.29, 1.82) is 0 Å². The summed E-state index contributed by atoms with van der Waals surface area (Å²) in [6, 6.07) is 14.6. The molecule has 1 aromatic carbocycles. The molecule has 1 atom stereocenters. The SMILES string of the molecule is C[C@]1(c2ccccc2)CCCN(c2ncccc2C(=O)N2CCCC2)C1. The molecule has 4 heteroatoms. The number of amides is 1. The smallest absolute Gasteiger partial charge is 0.257 e. The lowest BCUT2D eigenvalue weighted by atomic mass is 9.76. The molecule has 0 spiro atoms. The molecule has 2 fully saturated rings. The normalized spacial score (nSPS) is 23.3. The van der Waals surface area contributed by atoms with Crippen molar-refractivity contribution in [2.75, 3.05) is 31.1 Å². The van der Waals surface area contributed by atoms with E-state index in [0.29, 0.717) is 0 Å². The zero-order valence-electron chi connectivity index (χ0n) is 15.5. The highest BCUT2D eigenvalue weighted by Crippen LogP contribution is 2.36. The first-order valence-electron chi connectivity index (χ1n) is 9.72. The van der Waals surface area contributed by atoms with E-state index in [2.05, 4.69) is 47.1 Å². The summed E-state index contributed by atoms with van der Waals surface area (Å²) in [5, 5.41) is 0. The molecule has 2 aliphatic rings. The van der Waals surface area contributed by atoms with Crippen LogP contribution in [0.3, 0.4) is 0 Å². The Morgan fingerprint density at radius 1 is 1.00 bits per heavy atom. The Balaban J connectivity index is 1.62. The molecule has 0 unspecified atom stereocenters. The standard InChI is InChI=1S/C22H27N3O/c1-22(18-9-3-2-4-10-18)12-8-16-25(17-22)20-19(11-7-13-23-20)21(26)24-14-5-6-15-24/h2-4,7,9-11,13H,5-6,8,12,14-17H2,1H3/t22-/m0/s1. The summed E-state index contributed by atoms with van der Waals surface area (Å²) in [7, 11) is 0. The number of benzene rings is 1. The molecule has 2 aliphatic heterocycles. The van der Waals surface area contributed by atoms with Gasteiger partial charge in [-0.3, -0.25) is 4.79 Å². The van der Waals surface area contributed by atoms with Gasteiger partial charge in [-0.15, -0.1) is 0 Å². The number of likely N-dealkylation sites (tertiary alicyclic amines) is 1. The number of carbonyl (C=O) groups excluding carboxylic acids is 1. The summed E-state index contributed by atoms with van der Waals surface area (Å²) in [5.41, 5.74) is 2.21. The Kier molecular flexibility index (Phi) is 4.66. The number of hydrogen-bond donors (Lipinski definition) is 0. The fourth-order valence-corrected chi connectivity index (χ4v) is 4.40. The Hall–Kier alpha value is -2.36. The minimum Gasteiger partial charge on any atom is -0.355 e. The minimum absolute atomic E-state index is 0.0883. The maximum atomic E-state index is 13.0. The van der Waals surface area contributed by atoms with Crippen molar-refractivity contribution in [3.8, 4) is 0 Å². The summed E-state index contributed by atoms with van der Waals surface area (Å²) in [4.78, 5) is 21.9. The van der Waals surface area contributed by atoms with E-state index in [4.69, 9.17) is 0 Å². The van der Waals surface area contributed by atoms with Crippen molar-refractivity contribution in [1.82, 2.24) is 9.88 Å². The van der Waals surface area contributed by atoms with Crippen molar-refractivity contribution in [3.63, 3.8) is 0 Å². The van der Waals surface area contributed by atoms with Crippen LogP contribution in [-0.4, -0.2) is 42.0 Å². The van der Waals surface area contributed by atoms with Crippen LogP contribution in [0.2, 0.25) is 0 Å². The number of carbonyl (C=O) groups is 1. The van der Waals surface area contributed by atoms with Crippen LogP contribution in [0.25, 0.3) is 0 Å². The minimum atomic E-state index is 0.0883. The predicted molar refractivity (Wildman–Crippen MR) is 105 cm³/mol. The Bertz CT molecular complexity index is 770. The highest BCUT2D eigenvalue weighted by molar-refractivity contribution is 5.99. The van der Waals surface area contributed by atoms with Gasteiger partial charge in [-0.2, -0.15) is 0 Å². The fraction of sp³-hybridized carbons (Fsp3) is 0.455. The molecular formula is C22H27N3O. The molecule has 0 bridgehead atoms. The van der Waals surface area contributed by atoms with E-state index in [1.54, 1.807) is 0 Å². The maximum Gasteiger partial charge on any atom is 0.257 e. The summed E-state index contributed by atoms with van der Waals surface area (Å²) < 4.78 is 0. The summed E-state index contributed by atoms with van der Waals surface area (Å²) in [6.45, 7) is 5.93. The highest BCUT2D eigenvalue weighted by Gasteiger charge is 2.35. The molecule has 1 amide bonds. The van der Waals surface area contributed by atoms with E-state index >= 15 is 0 Å². The zero-order valence-corrected chi connectivity index (χ0v) is 15.5. The topological polar surface area (TPSA) is 36.4 Å². The lowest BCUT2D eigenvalue weighted by Crippen LogP contribution is -2.45. The first kappa shape index (κ1) is 17.1. The predicted octanol–water partition coefficient (Wildman–Crippen LogP) is 3.88. The monoisotopic (exact) mass is 349 g/mol. The number of rotatable bonds is 3. The van der Waals surface area contributed by atoms with Gasteiger partial charge in [0.05, 0.1) is 5.56 Å². The number of aromatic nitrogens is 1. The zero-order chi connectivity index (χ0) is 18.0. The van der Waals surface area contributed by atoms with Gasteiger partial charge >= 0.3 is 0 Å². The van der Waals surface area contributed by atoms with Crippen molar-refractivity contribution >= 4 is 11.7 Å². The number of anilines is 1. The maximum absolute atomic E-state index is 13.0. The Labute approximate surface area is 155 Å². The largest absolute Gasteiger partial charge is 0.355 e. The van der Waals surface area contributed by atoms with Gasteiger partial charge in [-0.25, -0.2) is 4.98 Å². The van der Waals surface area contributed by atoms with Crippen LogP contribution in [0.1, 0.15) is 48.5 Å². The molecule has 0 N–H and O–H groups in total. The second-order valence-corrected chi connectivity index (χ2v) is 7.83. The van der Waals surface area contributed by atoms with Crippen LogP contribution in [-0.2, 0) is 5.41 Å². The van der Waals surface area contributed by atoms with Gasteiger partial charge in [0.2, 0.25) is 0 Å². The van der Waals surface area contributed by atoms with Crippen LogP contribution in [0, 0.1) is 0 Å². The number of pyridine rings is 1. The quantitative estimate of drug-likeness (QED) is 0.844. The van der Waals surface area contributed by atoms with Crippen molar-refractivity contribution in [3.05, 3.63) is 59.8 Å². The molecule has 26 heavy (non-hydrogen) atoms. The summed E-state index contributed by atoms with van der Waals surface area (Å²) in [5.74, 6) is 0.990. The molecule has 2 aromatic rings. The van der Waals surface area contributed by atoms with Crippen LogP contribution >= 0.6 is 0 Å². The average molecular weight is 349 g/mol. The lowest BCUT2D eigenvalue weighted by molar-refractivity contribution is 0.0793. The van der Waals surface area contributed by atoms with Gasteiger partial charge in [0.15, 0.2) is 0 Å². The van der Waals surface area contributed by atoms with Crippen LogP contribution < -0.4 is 4.90 Å². The van der Waals surface area contributed by atoms with E-state index in [1.807, 2.05) is 23.2 Å². The van der Waals surface area contributed by atoms with Crippen molar-refractivity contribution in [2.24, 2.45) is 0 Å². The van der Waals surface area contributed by atoms with E-state index < -0.39 is 0 Å². The first-order chi connectivity index (χ1) is 12.7. The Morgan fingerprint density at radius 3 is 2.54 bits per heavy atom. The number of nitrogens with zero attached hydrogens (tertiary/aromatic N) is 3. The molecule has 3 heterocycles. The molecule has 1 aromatic heterocycles. The molecule has 4 rings (SSSR count). The molecule has 136 valence electrons. The lowest BCUT2D eigenvalue weighted by Gasteiger charge is -2.42. The van der Waals surface area contributed by atoms with Gasteiger partial charge in [-0.1, -0.05) is 37.3 Å². The van der Waals surface area contributed by atoms with Gasteiger partial charge in [0, 0.05) is 37.8 Å². The third kappa shape index (κ3) is 3.20. The molecule has 0 aliphatic carbocycles. The number of piperidine rings is 1.